The normalized spacial score (nSPS) is 29.6. The second-order valence-corrected chi connectivity index (χ2v) is 33.1. The van der Waals surface area contributed by atoms with Crippen molar-refractivity contribution in [3.8, 4) is 0 Å². The van der Waals surface area contributed by atoms with Crippen molar-refractivity contribution in [3.63, 3.8) is 0 Å². The Kier molecular flexibility index (Phi) is 29.3. The molecule has 3 saturated heterocycles. The van der Waals surface area contributed by atoms with E-state index in [9.17, 15) is 95.0 Å². The molecule has 103 heavy (non-hydrogen) atoms. The fourth-order valence-electron chi connectivity index (χ4n) is 8.59. The first-order valence-corrected chi connectivity index (χ1v) is 39.6. The average Bonchev–Trinajstić information content (AvgIpc) is 1.62. The van der Waals surface area contributed by atoms with Gasteiger partial charge in [0, 0.05) is 40.4 Å². The summed E-state index contributed by atoms with van der Waals surface area (Å²) in [6, 6.07) is 2.43. The summed E-state index contributed by atoms with van der Waals surface area (Å²) in [7, 11) is -50.1. The predicted molar refractivity (Wildman–Crippen MR) is 320 cm³/mol. The van der Waals surface area contributed by atoms with Crippen molar-refractivity contribution in [2.45, 2.75) is 72.3 Å². The number of rotatable bonds is 31. The minimum absolute atomic E-state index is 0.0392. The van der Waals surface area contributed by atoms with Crippen LogP contribution in [0.4, 0.5) is 24.7 Å². The lowest BCUT2D eigenvalue weighted by atomic mass is 9.97. The maximum Gasteiger partial charge on any atom is 0.490 e. The Balaban J connectivity index is 0.000000278. The number of nitrogens with one attached hydrogen (secondary N) is 2. The largest absolute Gasteiger partial charge is 0.490 e. The first-order chi connectivity index (χ1) is 47.2. The van der Waals surface area contributed by atoms with Crippen LogP contribution in [0.25, 0.3) is 42.5 Å². The first-order valence-electron chi connectivity index (χ1n) is 26.0. The molecule has 3 fully saturated rings. The summed E-state index contributed by atoms with van der Waals surface area (Å²) < 4.78 is 200. The van der Waals surface area contributed by atoms with E-state index < -0.39 is 188 Å². The van der Waals surface area contributed by atoms with Crippen molar-refractivity contribution in [2.75, 3.05) is 57.7 Å². The highest BCUT2D eigenvalue weighted by Crippen LogP contribution is 2.69. The molecule has 4 aliphatic rings. The highest BCUT2D eigenvalue weighted by atomic mass is 31.3. The number of amidine groups is 1. The van der Waals surface area contributed by atoms with E-state index in [1.165, 1.54) is 31.6 Å². The maximum absolute atomic E-state index is 15.1. The third-order valence-electron chi connectivity index (χ3n) is 12.8. The van der Waals surface area contributed by atoms with Crippen LogP contribution < -0.4 is 22.2 Å². The Hall–Kier alpha value is -5.48. The molecule has 7 heterocycles. The number of aliphatic hydroxyl groups excluding tert-OH is 3. The minimum Gasteiger partial charge on any atom is -0.397 e. The lowest BCUT2D eigenvalue weighted by Gasteiger charge is -2.34. The smallest absolute Gasteiger partial charge is 0.397 e. The fourth-order valence-corrected chi connectivity index (χ4v) is 17.8. The van der Waals surface area contributed by atoms with Crippen LogP contribution in [-0.2, 0) is 94.7 Å². The van der Waals surface area contributed by atoms with Crippen LogP contribution >= 0.6 is 70.4 Å². The van der Waals surface area contributed by atoms with Crippen molar-refractivity contribution in [3.05, 3.63) is 97.3 Å². The number of ether oxygens (including phenoxy) is 3. The molecule has 0 radical (unpaired) electrons. The zero-order valence-corrected chi connectivity index (χ0v) is 58.3. The number of hydrogen-bond donors (Lipinski definition) is 19. The molecule has 20 N–H and O–H groups in total. The van der Waals surface area contributed by atoms with Gasteiger partial charge in [0.2, 0.25) is 0 Å². The number of aliphatic imine (C=N–C) groups is 1. The number of phosphoric acid groups is 9. The van der Waals surface area contributed by atoms with E-state index in [1.54, 1.807) is 5.48 Å². The van der Waals surface area contributed by atoms with E-state index >= 15 is 8.78 Å². The number of halogens is 3. The standard InChI is InChI=1S/C12H17FN7O12P3.C12H20FN6O12P3.C10H16FN6O14P3/c13-7-9(21)12(3-18-19-15,4-29-34(25,26)32-35(27,28)31-33(22,23)24)30-11(7)20-5-17-8-6(14)1-2-16-10(8)20;1-7-17-8(15-2)3-4-19(7)11-9(13)10(20)12(29-11,5-16-18-14)6-28-33(24,25)31-34(26,27)30-32(21,22)23;11-6-7(18)10(3-13-16-12,29-8(6)17-2-1-5(15-20)14-9(17)19)4-28-33(24,25)31-34(26,27)30-32(21,22)23/h1-2,5,7,9,11,21H,3-4H2,(H2,14,16)(H,25,26)(H,27,28)(H2,22,23,24);3-4,9-11,20H,1,5-6H2,2H3,(H,15,17)(H,24,25)(H,26,27)(H2,21,22,23);1-2,6-8,18,20H,3-4H2,(H,24,25)(H,26,27)(H,14,15,19)(H2,21,22,23)/t7-,9+,11-,12-;9-,10+,11-,12-;6-,7+,8-,10-/m111/s1. The number of nitrogens with two attached hydrogens (primary N) is 1. The Morgan fingerprint density at radius 2 is 1.00 bits per heavy atom. The zero-order chi connectivity index (χ0) is 78.1. The minimum atomic E-state index is -5.88. The Morgan fingerprint density at radius 1 is 0.621 bits per heavy atom. The van der Waals surface area contributed by atoms with E-state index in [1.807, 2.05) is 0 Å². The lowest BCUT2D eigenvalue weighted by molar-refractivity contribution is -0.126. The summed E-state index contributed by atoms with van der Waals surface area (Å²) in [4.78, 5) is 144. The molecule has 6 unspecified atom stereocenters. The van der Waals surface area contributed by atoms with Gasteiger partial charge in [0.25, 0.3) is 0 Å². The summed E-state index contributed by atoms with van der Waals surface area (Å²) in [6.45, 7) is -2.96. The molecule has 0 aliphatic carbocycles. The average molecular weight is 1670 g/mol. The topological polar surface area (TPSA) is 866 Å². The number of alkyl halides is 3. The van der Waals surface area contributed by atoms with E-state index in [2.05, 4.69) is 101 Å². The number of aromatic nitrogens is 5. The van der Waals surface area contributed by atoms with Crippen LogP contribution in [0.1, 0.15) is 12.5 Å². The fraction of sp³-hybridized carbons (Fsp3) is 0.559. The van der Waals surface area contributed by atoms with Gasteiger partial charge in [-0.15, -0.1) is 0 Å². The molecule has 4 aliphatic heterocycles. The molecule has 0 spiro atoms. The number of pyridine rings is 1. The van der Waals surface area contributed by atoms with Gasteiger partial charge in [0.15, 0.2) is 48.7 Å². The van der Waals surface area contributed by atoms with E-state index in [0.717, 1.165) is 28.1 Å². The Morgan fingerprint density at radius 3 is 1.35 bits per heavy atom. The Bertz CT molecular complexity index is 4370. The van der Waals surface area contributed by atoms with Gasteiger partial charge in [-0.2, -0.15) is 30.8 Å². The molecule has 578 valence electrons. The molecule has 3 aromatic heterocycles. The lowest BCUT2D eigenvalue weighted by Crippen LogP contribution is -2.48. The summed E-state index contributed by atoms with van der Waals surface area (Å²) in [5.41, 5.74) is 25.2. The monoisotopic (exact) mass is 1670 g/mol. The molecule has 69 heteroatoms. The van der Waals surface area contributed by atoms with Gasteiger partial charge in [0.1, 0.15) is 52.3 Å². The van der Waals surface area contributed by atoms with Gasteiger partial charge in [-0.25, -0.2) is 69.0 Å². The van der Waals surface area contributed by atoms with Crippen molar-refractivity contribution >= 4 is 98.9 Å². The number of anilines is 2. The number of fused-ring (bicyclic) bond motifs is 1. The molecule has 18 atom stereocenters. The molecule has 0 aromatic carbocycles. The predicted octanol–water partition coefficient (Wildman–Crippen LogP) is 0.651. The van der Waals surface area contributed by atoms with Gasteiger partial charge in [-0.1, -0.05) is 21.9 Å². The van der Waals surface area contributed by atoms with Crippen LogP contribution in [0.2, 0.25) is 0 Å². The number of phosphoric ester groups is 3. The van der Waals surface area contributed by atoms with Crippen molar-refractivity contribution < 1.29 is 187 Å². The first kappa shape index (κ1) is 88.2. The van der Waals surface area contributed by atoms with Crippen molar-refractivity contribution in [1.82, 2.24) is 34.3 Å². The third kappa shape index (κ3) is 24.3. The summed E-state index contributed by atoms with van der Waals surface area (Å²) in [5, 5.41) is 52.2. The summed E-state index contributed by atoms with van der Waals surface area (Å²) in [6.07, 6.45) is -12.9. The van der Waals surface area contributed by atoms with Crippen LogP contribution in [0.15, 0.2) is 80.7 Å². The molecular formula is C34H53F3N19O38P9. The van der Waals surface area contributed by atoms with E-state index in [-0.39, 0.29) is 28.5 Å². The summed E-state index contributed by atoms with van der Waals surface area (Å²) >= 11 is 0. The van der Waals surface area contributed by atoms with Crippen molar-refractivity contribution in [1.29, 1.82) is 0 Å². The maximum atomic E-state index is 15.1. The quantitative estimate of drug-likeness (QED) is 0.0138. The van der Waals surface area contributed by atoms with Gasteiger partial charge >= 0.3 is 76.1 Å². The number of imidazole rings is 1. The second-order valence-electron chi connectivity index (χ2n) is 19.9. The van der Waals surface area contributed by atoms with Crippen molar-refractivity contribution in [2.24, 2.45) is 20.3 Å². The molecule has 0 amide bonds. The Labute approximate surface area is 566 Å². The number of azide groups is 3. The van der Waals surface area contributed by atoms with Crippen LogP contribution in [0.3, 0.4) is 0 Å². The number of nitrogens with zero attached hydrogens (tertiary/aromatic N) is 16. The third-order valence-corrected chi connectivity index (χ3v) is 24.1. The molecule has 3 aromatic rings. The zero-order valence-electron chi connectivity index (χ0n) is 50.2. The number of hydrogen-bond acceptors (Lipinski definition) is 36. The van der Waals surface area contributed by atoms with Gasteiger partial charge in [-0.3, -0.25) is 38.4 Å². The molecule has 0 bridgehead atoms. The second kappa shape index (κ2) is 34.2. The van der Waals surface area contributed by atoms with Crippen LogP contribution in [0.5, 0.6) is 0 Å². The van der Waals surface area contributed by atoms with E-state index in [0.29, 0.717) is 10.4 Å². The van der Waals surface area contributed by atoms with Gasteiger partial charge < -0.3 is 104 Å². The van der Waals surface area contributed by atoms with Gasteiger partial charge in [-0.05, 0) is 34.8 Å². The molecule has 7 rings (SSSR count). The molecule has 57 nitrogen and oxygen atoms in total. The highest BCUT2D eigenvalue weighted by molar-refractivity contribution is 7.67. The highest BCUT2D eigenvalue weighted by Gasteiger charge is 2.61. The molecule has 0 saturated carbocycles. The van der Waals surface area contributed by atoms with Gasteiger partial charge in [0.05, 0.1) is 51.5 Å². The molecular weight excluding hydrogens is 1620 g/mol. The van der Waals surface area contributed by atoms with Crippen LogP contribution in [0, 0.1) is 0 Å². The number of nitrogen functional groups attached to an aromatic ring is 1. The van der Waals surface area contributed by atoms with Crippen LogP contribution in [-0.4, -0.2) is 220 Å². The summed E-state index contributed by atoms with van der Waals surface area (Å²) in [5.74, 6) is 0.0989. The number of aliphatic hydroxyl groups is 3. The van der Waals surface area contributed by atoms with E-state index in [4.69, 9.17) is 71.1 Å². The SMILES string of the molecule is C=C1NC(=NC)C=CN1[C@@H]1O[C@](CN=[N+]=[N-])(COP(=O)(O)OP(=O)(O)OP(=O)(O)O)[C@@H](O)[C@H]1F.[N-]=[N+]=NC[C@]1(COP(=O)(O)OP(=O)(O)OP(=O)(O)O)O[C@@H](n2ccc(NO)nc2=O)[C@H](F)[C@@H]1O.[N-]=[N+]=NC[C@]1(COP(=O)(O)OP(=O)(O)OP(=O)(O)O)O[C@@H](n2cnc3c(N)ccnc32)[C@H](F)[C@@H]1O.